The van der Waals surface area contributed by atoms with E-state index >= 15 is 0 Å². The summed E-state index contributed by atoms with van der Waals surface area (Å²) >= 11 is 0. The van der Waals surface area contributed by atoms with E-state index in [1.54, 1.807) is 26.2 Å². The van der Waals surface area contributed by atoms with Gasteiger partial charge in [-0.3, -0.25) is 4.79 Å². The third-order valence-corrected chi connectivity index (χ3v) is 6.94. The first-order chi connectivity index (χ1) is 15.0. The number of hydrogen-bond donors (Lipinski definition) is 1. The van der Waals surface area contributed by atoms with Crippen LogP contribution in [0.1, 0.15) is 68.6 Å². The zero-order chi connectivity index (χ0) is 25.4. The van der Waals surface area contributed by atoms with Gasteiger partial charge in [0.2, 0.25) is 9.84 Å². The van der Waals surface area contributed by atoms with Crippen molar-refractivity contribution in [3.63, 3.8) is 0 Å². The average molecular weight is 469 g/mol. The SMILES string of the molecule is CN(C)C(=O)c1ccc(S(=O)(=O)/C(C#N)=C/c2cc(C(C)(C)C)c(O)c(C(C)(C)C)c2)cc1. The van der Waals surface area contributed by atoms with Crippen LogP contribution < -0.4 is 0 Å². The molecule has 0 aromatic heterocycles. The van der Waals surface area contributed by atoms with Crippen LogP contribution in [-0.2, 0) is 20.7 Å². The van der Waals surface area contributed by atoms with Crippen molar-refractivity contribution in [1.82, 2.24) is 4.90 Å². The fraction of sp³-hybridized carbons (Fsp3) is 0.385. The van der Waals surface area contributed by atoms with Gasteiger partial charge in [0.05, 0.1) is 4.90 Å². The number of sulfone groups is 1. The van der Waals surface area contributed by atoms with E-state index in [1.807, 2.05) is 47.6 Å². The highest BCUT2D eigenvalue weighted by Gasteiger charge is 2.27. The molecule has 0 saturated carbocycles. The van der Waals surface area contributed by atoms with E-state index in [2.05, 4.69) is 0 Å². The van der Waals surface area contributed by atoms with Crippen molar-refractivity contribution in [2.45, 2.75) is 57.3 Å². The normalized spacial score (nSPS) is 12.9. The molecule has 0 unspecified atom stereocenters. The molecule has 1 amide bonds. The van der Waals surface area contributed by atoms with Gasteiger partial charge in [-0.2, -0.15) is 5.26 Å². The minimum absolute atomic E-state index is 0.0727. The van der Waals surface area contributed by atoms with Crippen LogP contribution in [0.15, 0.2) is 46.2 Å². The number of nitrogens with zero attached hydrogens (tertiary/aromatic N) is 2. The average Bonchev–Trinajstić information content (AvgIpc) is 2.70. The lowest BCUT2D eigenvalue weighted by atomic mass is 9.78. The number of allylic oxidation sites excluding steroid dienone is 1. The quantitative estimate of drug-likeness (QED) is 0.635. The van der Waals surface area contributed by atoms with Crippen molar-refractivity contribution in [2.75, 3.05) is 14.1 Å². The lowest BCUT2D eigenvalue weighted by molar-refractivity contribution is 0.0827. The summed E-state index contributed by atoms with van der Waals surface area (Å²) in [7, 11) is -0.886. The molecule has 2 aromatic rings. The Morgan fingerprint density at radius 2 is 1.42 bits per heavy atom. The van der Waals surface area contributed by atoms with E-state index < -0.39 is 25.6 Å². The van der Waals surface area contributed by atoms with E-state index in [0.29, 0.717) is 22.3 Å². The molecular weight excluding hydrogens is 436 g/mol. The van der Waals surface area contributed by atoms with Crippen molar-refractivity contribution >= 4 is 21.8 Å². The van der Waals surface area contributed by atoms with Crippen LogP contribution in [0.3, 0.4) is 0 Å². The summed E-state index contributed by atoms with van der Waals surface area (Å²) in [6, 6.07) is 10.8. The Bertz CT molecular complexity index is 1200. The van der Waals surface area contributed by atoms with Gasteiger partial charge in [-0.1, -0.05) is 41.5 Å². The van der Waals surface area contributed by atoms with Gasteiger partial charge in [0.1, 0.15) is 16.7 Å². The number of hydrogen-bond acceptors (Lipinski definition) is 5. The molecule has 0 bridgehead atoms. The number of amides is 1. The lowest BCUT2D eigenvalue weighted by Crippen LogP contribution is -2.21. The third kappa shape index (κ3) is 5.63. The van der Waals surface area contributed by atoms with Gasteiger partial charge >= 0.3 is 0 Å². The minimum atomic E-state index is -4.11. The van der Waals surface area contributed by atoms with E-state index in [0.717, 1.165) is 0 Å². The number of carbonyl (C=O) groups excluding carboxylic acids is 1. The Morgan fingerprint density at radius 1 is 0.970 bits per heavy atom. The number of phenols is 1. The number of phenolic OH excluding ortho intramolecular Hbond substituents is 1. The Balaban J connectivity index is 2.65. The van der Waals surface area contributed by atoms with Crippen molar-refractivity contribution in [3.05, 3.63) is 63.6 Å². The largest absolute Gasteiger partial charge is 0.507 e. The van der Waals surface area contributed by atoms with E-state index in [4.69, 9.17) is 0 Å². The maximum Gasteiger partial charge on any atom is 0.253 e. The number of benzene rings is 2. The zero-order valence-electron chi connectivity index (χ0n) is 20.5. The maximum atomic E-state index is 13.2. The second kappa shape index (κ2) is 9.03. The molecule has 2 rings (SSSR count). The molecule has 0 radical (unpaired) electrons. The Kier molecular flexibility index (Phi) is 7.15. The van der Waals surface area contributed by atoms with Gasteiger partial charge in [-0.15, -0.1) is 0 Å². The molecule has 0 heterocycles. The molecule has 1 N–H and O–H groups in total. The summed E-state index contributed by atoms with van der Waals surface area (Å²) in [6.45, 7) is 11.8. The van der Waals surface area contributed by atoms with Crippen LogP contribution in [0.5, 0.6) is 5.75 Å². The number of carbonyl (C=O) groups is 1. The van der Waals surface area contributed by atoms with Crippen molar-refractivity contribution in [1.29, 1.82) is 5.26 Å². The lowest BCUT2D eigenvalue weighted by Gasteiger charge is -2.28. The highest BCUT2D eigenvalue weighted by atomic mass is 32.2. The molecule has 0 atom stereocenters. The van der Waals surface area contributed by atoms with Gasteiger partial charge in [0, 0.05) is 30.8 Å². The molecule has 0 aliphatic rings. The smallest absolute Gasteiger partial charge is 0.253 e. The van der Waals surface area contributed by atoms with Crippen LogP contribution in [0.25, 0.3) is 6.08 Å². The molecule has 2 aromatic carbocycles. The summed E-state index contributed by atoms with van der Waals surface area (Å²) in [5.41, 5.74) is 1.42. The second-order valence-corrected chi connectivity index (χ2v) is 12.2. The highest BCUT2D eigenvalue weighted by molar-refractivity contribution is 7.95. The monoisotopic (exact) mass is 468 g/mol. The van der Waals surface area contributed by atoms with Crippen LogP contribution in [0.2, 0.25) is 0 Å². The van der Waals surface area contributed by atoms with Crippen LogP contribution in [-0.4, -0.2) is 38.4 Å². The Labute approximate surface area is 197 Å². The van der Waals surface area contributed by atoms with Crippen molar-refractivity contribution < 1.29 is 18.3 Å². The molecule has 0 aliphatic heterocycles. The van der Waals surface area contributed by atoms with Gasteiger partial charge in [-0.05, 0) is 58.9 Å². The van der Waals surface area contributed by atoms with Crippen molar-refractivity contribution in [3.8, 4) is 11.8 Å². The molecular formula is C26H32N2O4S. The molecule has 0 aliphatic carbocycles. The Hall–Kier alpha value is -3.11. The number of aromatic hydroxyl groups is 1. The summed E-state index contributed by atoms with van der Waals surface area (Å²) < 4.78 is 26.4. The molecule has 7 heteroatoms. The standard InChI is InChI=1S/C26H32N2O4S/c1-25(2,3)21-14-17(15-22(23(21)29)26(4,5)6)13-20(16-27)33(31,32)19-11-9-18(10-12-19)24(30)28(7)8/h9-15,29H,1-8H3/b20-13+. The first-order valence-electron chi connectivity index (χ1n) is 10.6. The van der Waals surface area contributed by atoms with Gasteiger partial charge in [0.25, 0.3) is 5.91 Å². The molecule has 176 valence electrons. The molecule has 0 saturated heterocycles. The minimum Gasteiger partial charge on any atom is -0.507 e. The second-order valence-electron chi connectivity index (χ2n) is 10.3. The Morgan fingerprint density at radius 3 is 1.79 bits per heavy atom. The molecule has 0 spiro atoms. The highest BCUT2D eigenvalue weighted by Crippen LogP contribution is 2.40. The molecule has 33 heavy (non-hydrogen) atoms. The van der Waals surface area contributed by atoms with Crippen molar-refractivity contribution in [2.24, 2.45) is 0 Å². The van der Waals surface area contributed by atoms with Crippen LogP contribution in [0.4, 0.5) is 0 Å². The summed E-state index contributed by atoms with van der Waals surface area (Å²) in [5, 5.41) is 20.6. The number of nitriles is 1. The summed E-state index contributed by atoms with van der Waals surface area (Å²) in [4.78, 5) is 13.0. The third-order valence-electron chi connectivity index (χ3n) is 5.26. The van der Waals surface area contributed by atoms with E-state index in [-0.39, 0.29) is 16.6 Å². The first kappa shape index (κ1) is 26.1. The fourth-order valence-corrected chi connectivity index (χ4v) is 4.53. The first-order valence-corrected chi connectivity index (χ1v) is 12.0. The molecule has 6 nitrogen and oxygen atoms in total. The zero-order valence-corrected chi connectivity index (χ0v) is 21.3. The van der Waals surface area contributed by atoms with E-state index in [9.17, 15) is 23.6 Å². The fourth-order valence-electron chi connectivity index (χ4n) is 3.37. The summed E-state index contributed by atoms with van der Waals surface area (Å²) in [6.07, 6.45) is 1.33. The maximum absolute atomic E-state index is 13.2. The van der Waals surface area contributed by atoms with Gasteiger partial charge < -0.3 is 10.0 Å². The topological polar surface area (TPSA) is 98.5 Å². The van der Waals surface area contributed by atoms with Crippen LogP contribution in [0, 0.1) is 11.3 Å². The number of rotatable bonds is 4. The predicted molar refractivity (Wildman–Crippen MR) is 131 cm³/mol. The summed E-state index contributed by atoms with van der Waals surface area (Å²) in [5.74, 6) is -0.0711. The van der Waals surface area contributed by atoms with Gasteiger partial charge in [-0.25, -0.2) is 8.42 Å². The van der Waals surface area contributed by atoms with E-state index in [1.165, 1.54) is 35.2 Å². The van der Waals surface area contributed by atoms with Crippen LogP contribution >= 0.6 is 0 Å². The molecule has 0 fully saturated rings. The van der Waals surface area contributed by atoms with Gasteiger partial charge in [0.15, 0.2) is 0 Å². The predicted octanol–water partition coefficient (Wildman–Crippen LogP) is 5.03.